The molecule has 6 heteroatoms. The summed E-state index contributed by atoms with van der Waals surface area (Å²) >= 11 is 0. The molecule has 3 rings (SSSR count). The van der Waals surface area contributed by atoms with Crippen LogP contribution in [0.3, 0.4) is 0 Å². The minimum Gasteiger partial charge on any atom is -0.372 e. The van der Waals surface area contributed by atoms with Gasteiger partial charge in [0.1, 0.15) is 6.10 Å². The first-order valence-corrected chi connectivity index (χ1v) is 8.56. The number of carbonyl (C=O) groups excluding carboxylic acids is 1. The Morgan fingerprint density at radius 1 is 1.46 bits per heavy atom. The van der Waals surface area contributed by atoms with E-state index in [-0.39, 0.29) is 18.1 Å². The molecular weight excluding hydrogens is 304 g/mol. The maximum atomic E-state index is 12.7. The minimum absolute atomic E-state index is 0.0125. The van der Waals surface area contributed by atoms with E-state index in [9.17, 15) is 4.79 Å². The number of nitrogens with zero attached hydrogens (tertiary/aromatic N) is 3. The molecule has 1 aliphatic heterocycles. The number of imidazole rings is 1. The van der Waals surface area contributed by atoms with Gasteiger partial charge in [0.05, 0.1) is 23.8 Å². The molecule has 0 aromatic carbocycles. The van der Waals surface area contributed by atoms with Gasteiger partial charge < -0.3 is 19.2 Å². The molecule has 0 bridgehead atoms. The normalized spacial score (nSPS) is 21.0. The van der Waals surface area contributed by atoms with Gasteiger partial charge in [-0.15, -0.1) is 0 Å². The number of carbonyl (C=O) groups is 1. The number of rotatable bonds is 4. The van der Waals surface area contributed by atoms with E-state index in [0.29, 0.717) is 6.61 Å². The number of aromatic nitrogens is 3. The second-order valence-corrected chi connectivity index (χ2v) is 6.51. The molecule has 0 spiro atoms. The van der Waals surface area contributed by atoms with Crippen molar-refractivity contribution in [3.05, 3.63) is 41.2 Å². The van der Waals surface area contributed by atoms with Crippen LogP contribution in [0.1, 0.15) is 53.3 Å². The molecular formula is C18H26N4O2. The van der Waals surface area contributed by atoms with Gasteiger partial charge in [0.2, 0.25) is 0 Å². The molecule has 130 valence electrons. The molecule has 0 unspecified atom stereocenters. The number of hydrogen-bond acceptors (Lipinski definition) is 3. The van der Waals surface area contributed by atoms with Crippen LogP contribution in [0, 0.1) is 13.8 Å². The molecule has 1 N–H and O–H groups in total. The van der Waals surface area contributed by atoms with Crippen LogP contribution in [0.15, 0.2) is 18.6 Å². The summed E-state index contributed by atoms with van der Waals surface area (Å²) in [5, 5.41) is 3.19. The van der Waals surface area contributed by atoms with Gasteiger partial charge in [0.25, 0.3) is 5.91 Å². The molecule has 0 radical (unpaired) electrons. The summed E-state index contributed by atoms with van der Waals surface area (Å²) in [6, 6.07) is 2.10. The first kappa shape index (κ1) is 16.8. The van der Waals surface area contributed by atoms with E-state index in [2.05, 4.69) is 21.8 Å². The third-order valence-electron chi connectivity index (χ3n) is 4.94. The Morgan fingerprint density at radius 2 is 2.25 bits per heavy atom. The van der Waals surface area contributed by atoms with Crippen molar-refractivity contribution in [3.8, 4) is 0 Å². The van der Waals surface area contributed by atoms with Crippen molar-refractivity contribution in [3.63, 3.8) is 0 Å². The van der Waals surface area contributed by atoms with E-state index in [0.717, 1.165) is 42.0 Å². The Morgan fingerprint density at radius 3 is 2.88 bits per heavy atom. The molecule has 0 saturated carbocycles. The average molecular weight is 330 g/mol. The monoisotopic (exact) mass is 330 g/mol. The van der Waals surface area contributed by atoms with Gasteiger partial charge in [-0.05, 0) is 39.7 Å². The van der Waals surface area contributed by atoms with Crippen LogP contribution in [0.4, 0.5) is 0 Å². The van der Waals surface area contributed by atoms with Crippen molar-refractivity contribution in [1.82, 2.24) is 19.4 Å². The van der Waals surface area contributed by atoms with Crippen molar-refractivity contribution >= 4 is 5.91 Å². The first-order valence-electron chi connectivity index (χ1n) is 8.56. The van der Waals surface area contributed by atoms with E-state index in [1.807, 2.05) is 37.7 Å². The van der Waals surface area contributed by atoms with Crippen LogP contribution in [-0.2, 0) is 18.3 Å². The Labute approximate surface area is 142 Å². The average Bonchev–Trinajstić information content (AvgIpc) is 3.10. The van der Waals surface area contributed by atoms with Crippen LogP contribution >= 0.6 is 0 Å². The molecule has 1 amide bonds. The van der Waals surface area contributed by atoms with Gasteiger partial charge in [-0.3, -0.25) is 4.79 Å². The predicted octanol–water partition coefficient (Wildman–Crippen LogP) is 2.51. The van der Waals surface area contributed by atoms with Crippen LogP contribution in [0.2, 0.25) is 0 Å². The van der Waals surface area contributed by atoms with Crippen LogP contribution in [-0.4, -0.2) is 32.7 Å². The van der Waals surface area contributed by atoms with Crippen LogP contribution in [0.5, 0.6) is 0 Å². The Balaban J connectivity index is 1.69. The topological polar surface area (TPSA) is 61.1 Å². The van der Waals surface area contributed by atoms with Crippen molar-refractivity contribution in [2.75, 3.05) is 6.61 Å². The fraction of sp³-hybridized carbons (Fsp3) is 0.556. The molecule has 1 saturated heterocycles. The molecule has 6 nitrogen and oxygen atoms in total. The third kappa shape index (κ3) is 3.11. The largest absolute Gasteiger partial charge is 0.372 e. The highest BCUT2D eigenvalue weighted by Crippen LogP contribution is 2.28. The molecule has 1 aliphatic rings. The summed E-state index contributed by atoms with van der Waals surface area (Å²) in [6.45, 7) is 7.67. The lowest BCUT2D eigenvalue weighted by Gasteiger charge is -2.30. The third-order valence-corrected chi connectivity index (χ3v) is 4.94. The number of ether oxygens (including phenoxy) is 1. The maximum absolute atomic E-state index is 12.7. The van der Waals surface area contributed by atoms with E-state index >= 15 is 0 Å². The summed E-state index contributed by atoms with van der Waals surface area (Å²) in [5.74, 6) is 0.0125. The van der Waals surface area contributed by atoms with Crippen molar-refractivity contribution in [2.45, 2.75) is 52.3 Å². The molecule has 3 heterocycles. The fourth-order valence-corrected chi connectivity index (χ4v) is 3.59. The van der Waals surface area contributed by atoms with Crippen LogP contribution in [0.25, 0.3) is 0 Å². The summed E-state index contributed by atoms with van der Waals surface area (Å²) in [4.78, 5) is 16.8. The Kier molecular flexibility index (Phi) is 4.76. The lowest BCUT2D eigenvalue weighted by Crippen LogP contribution is -2.40. The maximum Gasteiger partial charge on any atom is 0.253 e. The zero-order chi connectivity index (χ0) is 17.3. The second-order valence-electron chi connectivity index (χ2n) is 6.51. The van der Waals surface area contributed by atoms with E-state index in [1.165, 1.54) is 0 Å². The zero-order valence-electron chi connectivity index (χ0n) is 14.9. The first-order chi connectivity index (χ1) is 11.5. The highest BCUT2D eigenvalue weighted by Gasteiger charge is 2.27. The molecule has 0 aliphatic carbocycles. The fourth-order valence-electron chi connectivity index (χ4n) is 3.59. The standard InChI is InChI=1S/C18H26N4O2/c1-5-22-12(2)8-15(13(22)3)18(23)20-14-6-7-24-17(9-14)16-10-19-11-21(16)4/h8,10-11,14,17H,5-7,9H2,1-4H3,(H,20,23)/t14-,17-/m1/s1. The van der Waals surface area contributed by atoms with Crippen molar-refractivity contribution in [2.24, 2.45) is 7.05 Å². The number of hydrogen-bond donors (Lipinski definition) is 1. The van der Waals surface area contributed by atoms with Gasteiger partial charge in [-0.1, -0.05) is 0 Å². The Bertz CT molecular complexity index is 731. The van der Waals surface area contributed by atoms with E-state index in [1.54, 1.807) is 6.33 Å². The predicted molar refractivity (Wildman–Crippen MR) is 92.0 cm³/mol. The molecule has 1 fully saturated rings. The Hall–Kier alpha value is -2.08. The number of nitrogens with one attached hydrogen (secondary N) is 1. The molecule has 2 aromatic heterocycles. The summed E-state index contributed by atoms with van der Waals surface area (Å²) < 4.78 is 10.0. The zero-order valence-corrected chi connectivity index (χ0v) is 14.9. The van der Waals surface area contributed by atoms with E-state index < -0.39 is 0 Å². The SMILES string of the molecule is CCn1c(C)cc(C(=O)N[C@@H]2CCO[C@@H](c3cncn3C)C2)c1C. The van der Waals surface area contributed by atoms with Gasteiger partial charge >= 0.3 is 0 Å². The van der Waals surface area contributed by atoms with Crippen LogP contribution < -0.4 is 5.32 Å². The van der Waals surface area contributed by atoms with Gasteiger partial charge in [0, 0.05) is 37.6 Å². The lowest BCUT2D eigenvalue weighted by atomic mass is 10.0. The number of aryl methyl sites for hydroxylation is 2. The highest BCUT2D eigenvalue weighted by molar-refractivity contribution is 5.95. The lowest BCUT2D eigenvalue weighted by molar-refractivity contribution is -0.00302. The highest BCUT2D eigenvalue weighted by atomic mass is 16.5. The van der Waals surface area contributed by atoms with Gasteiger partial charge in [0.15, 0.2) is 0 Å². The quantitative estimate of drug-likeness (QED) is 0.937. The summed E-state index contributed by atoms with van der Waals surface area (Å²) in [7, 11) is 1.97. The van der Waals surface area contributed by atoms with Gasteiger partial charge in [-0.25, -0.2) is 4.98 Å². The van der Waals surface area contributed by atoms with E-state index in [4.69, 9.17) is 4.74 Å². The molecule has 2 atom stereocenters. The van der Waals surface area contributed by atoms with Crippen molar-refractivity contribution in [1.29, 1.82) is 0 Å². The van der Waals surface area contributed by atoms with Crippen molar-refractivity contribution < 1.29 is 9.53 Å². The molecule has 2 aromatic rings. The summed E-state index contributed by atoms with van der Waals surface area (Å²) in [6.07, 6.45) is 5.22. The second kappa shape index (κ2) is 6.81. The molecule has 24 heavy (non-hydrogen) atoms. The summed E-state index contributed by atoms with van der Waals surface area (Å²) in [5.41, 5.74) is 3.98. The minimum atomic E-state index is -0.0142. The number of amides is 1. The smallest absolute Gasteiger partial charge is 0.253 e. The van der Waals surface area contributed by atoms with Gasteiger partial charge in [-0.2, -0.15) is 0 Å².